The van der Waals surface area contributed by atoms with Crippen molar-refractivity contribution in [3.05, 3.63) is 30.1 Å². The van der Waals surface area contributed by atoms with Crippen LogP contribution in [0.25, 0.3) is 11.0 Å². The van der Waals surface area contributed by atoms with Crippen molar-refractivity contribution in [3.63, 3.8) is 0 Å². The zero-order valence-electron chi connectivity index (χ0n) is 9.46. The summed E-state index contributed by atoms with van der Waals surface area (Å²) in [7, 11) is 0. The maximum atomic E-state index is 12.2. The van der Waals surface area contributed by atoms with Gasteiger partial charge in [0.1, 0.15) is 5.82 Å². The van der Waals surface area contributed by atoms with Gasteiger partial charge in [0.15, 0.2) is 0 Å². The van der Waals surface area contributed by atoms with E-state index in [1.54, 1.807) is 10.6 Å². The molecule has 1 aromatic heterocycles. The molecule has 0 unspecified atom stereocenters. The van der Waals surface area contributed by atoms with Gasteiger partial charge in [-0.1, -0.05) is 19.1 Å². The van der Waals surface area contributed by atoms with E-state index in [1.165, 1.54) is 0 Å². The zero-order chi connectivity index (χ0) is 12.5. The fraction of sp³-hybridized carbons (Fsp3) is 0.417. The number of hydrogen-bond acceptors (Lipinski definition) is 1. The molecule has 2 nitrogen and oxygen atoms in total. The summed E-state index contributed by atoms with van der Waals surface area (Å²) in [5, 5.41) is 0. The third-order valence-corrected chi connectivity index (χ3v) is 2.67. The van der Waals surface area contributed by atoms with Crippen LogP contribution in [0.3, 0.4) is 0 Å². The van der Waals surface area contributed by atoms with E-state index < -0.39 is 12.6 Å². The van der Waals surface area contributed by atoms with Gasteiger partial charge in [-0.25, -0.2) is 4.98 Å². The van der Waals surface area contributed by atoms with Crippen LogP contribution in [0.1, 0.15) is 19.2 Å². The van der Waals surface area contributed by atoms with E-state index in [2.05, 4.69) is 4.98 Å². The number of nitrogens with zero attached hydrogens (tertiary/aromatic N) is 2. The Balaban J connectivity index is 2.37. The van der Waals surface area contributed by atoms with Crippen LogP contribution in [0.5, 0.6) is 0 Å². The molecular weight excluding hydrogens is 229 g/mol. The number of aryl methyl sites for hydroxylation is 2. The van der Waals surface area contributed by atoms with Crippen molar-refractivity contribution in [1.29, 1.82) is 0 Å². The smallest absolute Gasteiger partial charge is 0.328 e. The topological polar surface area (TPSA) is 17.8 Å². The molecule has 0 aliphatic carbocycles. The lowest BCUT2D eigenvalue weighted by Gasteiger charge is -2.10. The van der Waals surface area contributed by atoms with Crippen molar-refractivity contribution in [2.24, 2.45) is 0 Å². The molecule has 0 amide bonds. The van der Waals surface area contributed by atoms with E-state index in [4.69, 9.17) is 0 Å². The average Bonchev–Trinajstić information content (AvgIpc) is 2.63. The molecule has 0 N–H and O–H groups in total. The van der Waals surface area contributed by atoms with Crippen LogP contribution in [0, 0.1) is 0 Å². The summed E-state index contributed by atoms with van der Waals surface area (Å²) in [5.74, 6) is 0.704. The zero-order valence-corrected chi connectivity index (χ0v) is 9.46. The number of halogens is 3. The standard InChI is InChI=1S/C12H13F3N2/c1-2-11-16-9-5-3-4-6-10(9)17(11)8-7-12(13,14)15/h3-6H,2,7-8H2,1H3. The Morgan fingerprint density at radius 3 is 2.59 bits per heavy atom. The van der Waals surface area contributed by atoms with E-state index in [0.29, 0.717) is 12.2 Å². The Bertz CT molecular complexity index is 514. The molecule has 0 aliphatic rings. The van der Waals surface area contributed by atoms with E-state index in [0.717, 1.165) is 11.0 Å². The van der Waals surface area contributed by atoms with E-state index in [9.17, 15) is 13.2 Å². The van der Waals surface area contributed by atoms with Crippen LogP contribution in [-0.2, 0) is 13.0 Å². The number of para-hydroxylation sites is 2. The first-order chi connectivity index (χ1) is 8.01. The van der Waals surface area contributed by atoms with Crippen molar-refractivity contribution in [2.75, 3.05) is 0 Å². The fourth-order valence-corrected chi connectivity index (χ4v) is 1.88. The van der Waals surface area contributed by atoms with Crippen LogP contribution >= 0.6 is 0 Å². The maximum absolute atomic E-state index is 12.2. The molecule has 2 rings (SSSR count). The summed E-state index contributed by atoms with van der Waals surface area (Å²) in [6.07, 6.45) is -4.32. The molecule has 0 saturated carbocycles. The average molecular weight is 242 g/mol. The second-order valence-corrected chi connectivity index (χ2v) is 3.89. The minimum Gasteiger partial charge on any atom is -0.328 e. The summed E-state index contributed by atoms with van der Waals surface area (Å²) in [6, 6.07) is 7.27. The highest BCUT2D eigenvalue weighted by Gasteiger charge is 2.27. The number of hydrogen-bond donors (Lipinski definition) is 0. The maximum Gasteiger partial charge on any atom is 0.390 e. The molecule has 0 fully saturated rings. The van der Waals surface area contributed by atoms with Crippen molar-refractivity contribution in [3.8, 4) is 0 Å². The molecule has 0 saturated heterocycles. The van der Waals surface area contributed by atoms with Crippen molar-refractivity contribution in [2.45, 2.75) is 32.5 Å². The second-order valence-electron chi connectivity index (χ2n) is 3.89. The summed E-state index contributed by atoms with van der Waals surface area (Å²) in [5.41, 5.74) is 1.53. The van der Waals surface area contributed by atoms with E-state index in [1.807, 2.05) is 25.1 Å². The van der Waals surface area contributed by atoms with Crippen molar-refractivity contribution < 1.29 is 13.2 Å². The van der Waals surface area contributed by atoms with Gasteiger partial charge in [0.05, 0.1) is 17.5 Å². The van der Waals surface area contributed by atoms with Crippen LogP contribution in [0.2, 0.25) is 0 Å². The quantitative estimate of drug-likeness (QED) is 0.804. The minimum absolute atomic E-state index is 0.0623. The third-order valence-electron chi connectivity index (χ3n) is 2.67. The summed E-state index contributed by atoms with van der Waals surface area (Å²) in [6.45, 7) is 1.83. The van der Waals surface area contributed by atoms with Crippen molar-refractivity contribution in [1.82, 2.24) is 9.55 Å². The summed E-state index contributed by atoms with van der Waals surface area (Å²) >= 11 is 0. The SMILES string of the molecule is CCc1nc2ccccc2n1CCC(F)(F)F. The lowest BCUT2D eigenvalue weighted by atomic mass is 10.3. The first-order valence-electron chi connectivity index (χ1n) is 5.52. The molecule has 92 valence electrons. The molecule has 0 radical (unpaired) electrons. The molecule has 1 heterocycles. The number of imidazole rings is 1. The van der Waals surface area contributed by atoms with Gasteiger partial charge in [-0.15, -0.1) is 0 Å². The molecule has 0 bridgehead atoms. The number of aromatic nitrogens is 2. The third kappa shape index (κ3) is 2.60. The fourth-order valence-electron chi connectivity index (χ4n) is 1.88. The molecule has 0 aliphatic heterocycles. The van der Waals surface area contributed by atoms with Gasteiger partial charge < -0.3 is 4.57 Å². The normalized spacial score (nSPS) is 12.2. The molecule has 1 aromatic carbocycles. The van der Waals surface area contributed by atoms with Gasteiger partial charge in [0.2, 0.25) is 0 Å². The summed E-state index contributed by atoms with van der Waals surface area (Å²) < 4.78 is 38.4. The number of rotatable bonds is 3. The highest BCUT2D eigenvalue weighted by atomic mass is 19.4. The van der Waals surface area contributed by atoms with Gasteiger partial charge in [-0.05, 0) is 12.1 Å². The lowest BCUT2D eigenvalue weighted by molar-refractivity contribution is -0.136. The Morgan fingerprint density at radius 2 is 1.94 bits per heavy atom. The predicted octanol–water partition coefficient (Wildman–Crippen LogP) is 3.55. The molecule has 0 spiro atoms. The van der Waals surface area contributed by atoms with Gasteiger partial charge >= 0.3 is 6.18 Å². The first kappa shape index (κ1) is 12.0. The Morgan fingerprint density at radius 1 is 1.24 bits per heavy atom. The second kappa shape index (κ2) is 4.39. The van der Waals surface area contributed by atoms with E-state index in [-0.39, 0.29) is 6.54 Å². The largest absolute Gasteiger partial charge is 0.390 e. The number of benzene rings is 1. The Labute approximate surface area is 97.1 Å². The summed E-state index contributed by atoms with van der Waals surface area (Å²) in [4.78, 5) is 4.33. The van der Waals surface area contributed by atoms with Crippen LogP contribution in [0.4, 0.5) is 13.2 Å². The lowest BCUT2D eigenvalue weighted by Crippen LogP contribution is -2.13. The van der Waals surface area contributed by atoms with Gasteiger partial charge in [-0.3, -0.25) is 0 Å². The first-order valence-corrected chi connectivity index (χ1v) is 5.52. The van der Waals surface area contributed by atoms with Gasteiger partial charge in [0, 0.05) is 13.0 Å². The highest BCUT2D eigenvalue weighted by Crippen LogP contribution is 2.23. The monoisotopic (exact) mass is 242 g/mol. The number of fused-ring (bicyclic) bond motifs is 1. The van der Waals surface area contributed by atoms with Gasteiger partial charge in [0.25, 0.3) is 0 Å². The molecule has 17 heavy (non-hydrogen) atoms. The molecule has 2 aromatic rings. The van der Waals surface area contributed by atoms with Crippen molar-refractivity contribution >= 4 is 11.0 Å². The molecular formula is C12H13F3N2. The van der Waals surface area contributed by atoms with Crippen LogP contribution in [-0.4, -0.2) is 15.7 Å². The molecule has 5 heteroatoms. The minimum atomic E-state index is -4.13. The Kier molecular flexibility index (Phi) is 3.09. The highest BCUT2D eigenvalue weighted by molar-refractivity contribution is 5.75. The predicted molar refractivity (Wildman–Crippen MR) is 59.8 cm³/mol. The van der Waals surface area contributed by atoms with Crippen LogP contribution in [0.15, 0.2) is 24.3 Å². The number of alkyl halides is 3. The Hall–Kier alpha value is -1.52. The van der Waals surface area contributed by atoms with E-state index >= 15 is 0 Å². The molecule has 0 atom stereocenters. The van der Waals surface area contributed by atoms with Gasteiger partial charge in [-0.2, -0.15) is 13.2 Å². The van der Waals surface area contributed by atoms with Crippen LogP contribution < -0.4 is 0 Å².